The molecule has 25 heavy (non-hydrogen) atoms. The minimum absolute atomic E-state index is 0.667. The number of hydrogen-bond acceptors (Lipinski definition) is 5. The third-order valence-corrected chi connectivity index (χ3v) is 4.51. The Labute approximate surface area is 153 Å². The van der Waals surface area contributed by atoms with Gasteiger partial charge < -0.3 is 14.8 Å². The van der Waals surface area contributed by atoms with Crippen LogP contribution in [0.3, 0.4) is 0 Å². The van der Waals surface area contributed by atoms with Crippen LogP contribution in [0.1, 0.15) is 11.1 Å². The number of methoxy groups -OCH3 is 2. The molecule has 0 fully saturated rings. The molecule has 4 nitrogen and oxygen atoms in total. The van der Waals surface area contributed by atoms with Crippen molar-refractivity contribution in [1.82, 2.24) is 5.32 Å². The Morgan fingerprint density at radius 2 is 1.80 bits per heavy atom. The van der Waals surface area contributed by atoms with Crippen LogP contribution in [0, 0.1) is 11.3 Å². The number of allylic oxidation sites excluding steroid dienone is 1. The molecule has 2 rings (SSSR count). The highest BCUT2D eigenvalue weighted by atomic mass is 32.2. The number of hydrogen-bond donors (Lipinski definition) is 1. The molecule has 0 aromatic heterocycles. The molecule has 0 unspecified atom stereocenters. The second-order valence-electron chi connectivity index (χ2n) is 5.25. The van der Waals surface area contributed by atoms with Crippen LogP contribution in [-0.4, -0.2) is 27.0 Å². The fourth-order valence-corrected chi connectivity index (χ4v) is 3.08. The Morgan fingerprint density at radius 1 is 1.08 bits per heavy atom. The van der Waals surface area contributed by atoms with Crippen molar-refractivity contribution in [3.8, 4) is 17.6 Å². The summed E-state index contributed by atoms with van der Waals surface area (Å²) in [6.45, 7) is 0.726. The Balaban J connectivity index is 2.09. The molecule has 2 aromatic carbocycles. The number of rotatable bonds is 8. The molecule has 0 radical (unpaired) electrons. The van der Waals surface area contributed by atoms with E-state index >= 15 is 0 Å². The fraction of sp³-hybridized carbons (Fsp3) is 0.250. The van der Waals surface area contributed by atoms with E-state index in [9.17, 15) is 5.26 Å². The zero-order valence-electron chi connectivity index (χ0n) is 14.7. The van der Waals surface area contributed by atoms with Gasteiger partial charge in [-0.3, -0.25) is 0 Å². The van der Waals surface area contributed by atoms with Gasteiger partial charge in [-0.25, -0.2) is 0 Å². The third kappa shape index (κ3) is 4.94. The average Bonchev–Trinajstić information content (AvgIpc) is 2.67. The van der Waals surface area contributed by atoms with Gasteiger partial charge in [-0.05, 0) is 35.9 Å². The van der Waals surface area contributed by atoms with Crippen molar-refractivity contribution in [2.45, 2.75) is 6.42 Å². The molecular weight excluding hydrogens is 332 g/mol. The first-order valence-corrected chi connectivity index (χ1v) is 9.14. The average molecular weight is 354 g/mol. The van der Waals surface area contributed by atoms with E-state index < -0.39 is 0 Å². The van der Waals surface area contributed by atoms with Crippen LogP contribution < -0.4 is 14.8 Å². The van der Waals surface area contributed by atoms with Gasteiger partial charge in [0.1, 0.15) is 6.07 Å². The monoisotopic (exact) mass is 354 g/mol. The lowest BCUT2D eigenvalue weighted by Crippen LogP contribution is -2.16. The van der Waals surface area contributed by atoms with Crippen molar-refractivity contribution < 1.29 is 9.47 Å². The Kier molecular flexibility index (Phi) is 7.24. The molecule has 2 aromatic rings. The molecular formula is C20H22N2O2S. The molecule has 0 heterocycles. The summed E-state index contributed by atoms with van der Waals surface area (Å²) in [7, 11) is 3.26. The Morgan fingerprint density at radius 3 is 2.40 bits per heavy atom. The Hall–Kier alpha value is -2.58. The van der Waals surface area contributed by atoms with E-state index in [2.05, 4.69) is 11.4 Å². The van der Waals surface area contributed by atoms with Crippen LogP contribution in [0.15, 0.2) is 53.6 Å². The number of nitrogens with one attached hydrogen (secondary N) is 1. The molecule has 1 N–H and O–H groups in total. The van der Waals surface area contributed by atoms with Crippen LogP contribution >= 0.6 is 11.8 Å². The minimum Gasteiger partial charge on any atom is -0.493 e. The molecule has 0 spiro atoms. The topological polar surface area (TPSA) is 54.3 Å². The summed E-state index contributed by atoms with van der Waals surface area (Å²) in [5.74, 6) is 1.45. The van der Waals surface area contributed by atoms with Gasteiger partial charge in [-0.1, -0.05) is 36.4 Å². The standard InChI is InChI=1S/C20H22N2O2S/c1-23-18-10-9-15(13-19(18)24-2)11-12-22-20(25-3)17(14-21)16-7-5-4-6-8-16/h4-10,13,22H,11-12H2,1-3H3/b20-17-. The normalized spacial score (nSPS) is 11.3. The SMILES string of the molecule is COc1ccc(CCN/C(SC)=C(\C#N)c2ccccc2)cc1OC. The van der Waals surface area contributed by atoms with Crippen molar-refractivity contribution in [2.75, 3.05) is 27.0 Å². The second-order valence-corrected chi connectivity index (χ2v) is 6.07. The lowest BCUT2D eigenvalue weighted by atomic mass is 10.1. The van der Waals surface area contributed by atoms with Crippen molar-refractivity contribution in [1.29, 1.82) is 5.26 Å². The lowest BCUT2D eigenvalue weighted by molar-refractivity contribution is 0.354. The number of nitrogens with zero attached hydrogens (tertiary/aromatic N) is 1. The predicted octanol–water partition coefficient (Wildman–Crippen LogP) is 4.09. The summed E-state index contributed by atoms with van der Waals surface area (Å²) >= 11 is 1.55. The first-order chi connectivity index (χ1) is 12.2. The molecule has 0 aliphatic heterocycles. The van der Waals surface area contributed by atoms with Gasteiger partial charge in [0, 0.05) is 6.54 Å². The molecule has 130 valence electrons. The maximum atomic E-state index is 9.53. The summed E-state index contributed by atoms with van der Waals surface area (Å²) < 4.78 is 10.6. The van der Waals surface area contributed by atoms with Crippen LogP contribution in [0.25, 0.3) is 5.57 Å². The quantitative estimate of drug-likeness (QED) is 0.724. The van der Waals surface area contributed by atoms with E-state index in [1.165, 1.54) is 0 Å². The molecule has 5 heteroatoms. The van der Waals surface area contributed by atoms with Gasteiger partial charge in [0.25, 0.3) is 0 Å². The van der Waals surface area contributed by atoms with E-state index in [-0.39, 0.29) is 0 Å². The summed E-state index contributed by atoms with van der Waals surface area (Å²) in [6, 6.07) is 17.9. The minimum atomic E-state index is 0.667. The summed E-state index contributed by atoms with van der Waals surface area (Å²) in [4.78, 5) is 0. The summed E-state index contributed by atoms with van der Waals surface area (Å²) in [6.07, 6.45) is 2.79. The zero-order chi connectivity index (χ0) is 18.1. The first kappa shape index (κ1) is 18.8. The van der Waals surface area contributed by atoms with Gasteiger partial charge in [-0.15, -0.1) is 11.8 Å². The summed E-state index contributed by atoms with van der Waals surface area (Å²) in [5, 5.41) is 13.8. The number of ether oxygens (including phenoxy) is 2. The van der Waals surface area contributed by atoms with E-state index in [4.69, 9.17) is 9.47 Å². The zero-order valence-corrected chi connectivity index (χ0v) is 15.5. The van der Waals surface area contributed by atoms with Crippen LogP contribution in [0.5, 0.6) is 11.5 Å². The van der Waals surface area contributed by atoms with Gasteiger partial charge in [0.2, 0.25) is 0 Å². The van der Waals surface area contributed by atoms with Gasteiger partial charge >= 0.3 is 0 Å². The maximum Gasteiger partial charge on any atom is 0.160 e. The largest absolute Gasteiger partial charge is 0.493 e. The van der Waals surface area contributed by atoms with Crippen molar-refractivity contribution in [3.05, 3.63) is 64.7 Å². The second kappa shape index (κ2) is 9.65. The number of benzene rings is 2. The highest BCUT2D eigenvalue weighted by Crippen LogP contribution is 2.28. The smallest absolute Gasteiger partial charge is 0.160 e. The van der Waals surface area contributed by atoms with Crippen LogP contribution in [0.4, 0.5) is 0 Å². The molecule has 0 bridgehead atoms. The van der Waals surface area contributed by atoms with Gasteiger partial charge in [0.05, 0.1) is 24.8 Å². The molecule has 0 aliphatic rings. The van der Waals surface area contributed by atoms with Gasteiger partial charge in [-0.2, -0.15) is 5.26 Å². The van der Waals surface area contributed by atoms with E-state index in [0.29, 0.717) is 5.57 Å². The molecule has 0 amide bonds. The first-order valence-electron chi connectivity index (χ1n) is 7.92. The molecule has 0 saturated carbocycles. The number of thioether (sulfide) groups is 1. The maximum absolute atomic E-state index is 9.53. The molecule has 0 aliphatic carbocycles. The molecule has 0 saturated heterocycles. The van der Waals surface area contributed by atoms with Crippen LogP contribution in [0.2, 0.25) is 0 Å². The van der Waals surface area contributed by atoms with E-state index in [1.54, 1.807) is 26.0 Å². The summed E-state index contributed by atoms with van der Waals surface area (Å²) in [5.41, 5.74) is 2.73. The fourth-order valence-electron chi connectivity index (χ4n) is 2.47. The highest BCUT2D eigenvalue weighted by molar-refractivity contribution is 8.02. The van der Waals surface area contributed by atoms with E-state index in [0.717, 1.165) is 40.6 Å². The van der Waals surface area contributed by atoms with Crippen molar-refractivity contribution in [2.24, 2.45) is 0 Å². The third-order valence-electron chi connectivity index (χ3n) is 3.75. The van der Waals surface area contributed by atoms with Crippen molar-refractivity contribution >= 4 is 17.3 Å². The van der Waals surface area contributed by atoms with Crippen molar-refractivity contribution in [3.63, 3.8) is 0 Å². The number of nitriles is 1. The highest BCUT2D eigenvalue weighted by Gasteiger charge is 2.09. The van der Waals surface area contributed by atoms with Gasteiger partial charge in [0.15, 0.2) is 11.5 Å². The lowest BCUT2D eigenvalue weighted by Gasteiger charge is -2.13. The molecule has 0 atom stereocenters. The Bertz CT molecular complexity index is 767. The van der Waals surface area contributed by atoms with Crippen LogP contribution in [-0.2, 0) is 6.42 Å². The van der Waals surface area contributed by atoms with E-state index in [1.807, 2.05) is 54.8 Å². The predicted molar refractivity (Wildman–Crippen MR) is 104 cm³/mol.